The van der Waals surface area contributed by atoms with Crippen LogP contribution in [-0.2, 0) is 0 Å². The zero-order chi connectivity index (χ0) is 13.3. The highest BCUT2D eigenvalue weighted by molar-refractivity contribution is 5.90. The van der Waals surface area contributed by atoms with E-state index in [4.69, 9.17) is 0 Å². The maximum atomic E-state index is 9.27. The Labute approximate surface area is 106 Å². The second-order valence-electron chi connectivity index (χ2n) is 7.44. The molecule has 1 aliphatic carbocycles. The number of quaternary nitrogens is 2. The third kappa shape index (κ3) is 4.64. The second-order valence-corrected chi connectivity index (χ2v) is 7.44. The summed E-state index contributed by atoms with van der Waals surface area (Å²) < 4.78 is 1.86. The second kappa shape index (κ2) is 4.94. The van der Waals surface area contributed by atoms with Gasteiger partial charge in [0.25, 0.3) is 0 Å². The van der Waals surface area contributed by atoms with Gasteiger partial charge in [-0.15, -0.1) is 0 Å². The lowest BCUT2D eigenvalue weighted by molar-refractivity contribution is -0.873. The molecule has 0 aromatic heterocycles. The van der Waals surface area contributed by atoms with Crippen molar-refractivity contribution in [1.82, 2.24) is 0 Å². The Morgan fingerprint density at radius 2 is 1.29 bits per heavy atom. The van der Waals surface area contributed by atoms with E-state index in [1.54, 1.807) is 0 Å². The summed E-state index contributed by atoms with van der Waals surface area (Å²) in [6.07, 6.45) is 2.33. The van der Waals surface area contributed by atoms with Gasteiger partial charge < -0.3 is 14.2 Å². The topological polar surface area (TPSA) is 32.6 Å². The highest BCUT2D eigenvalue weighted by atomic mass is 16.4. The first-order valence-corrected chi connectivity index (χ1v) is 6.45. The van der Waals surface area contributed by atoms with E-state index in [-0.39, 0.29) is 0 Å². The molecule has 1 aliphatic rings. The Hall–Kier alpha value is -0.610. The molecule has 0 radical (unpaired) electrons. The smallest absolute Gasteiger partial charge is 0.0863 e. The van der Waals surface area contributed by atoms with Crippen molar-refractivity contribution in [3.8, 4) is 0 Å². The molecule has 2 atom stereocenters. The van der Waals surface area contributed by atoms with Gasteiger partial charge in [-0.1, -0.05) is 5.16 Å². The van der Waals surface area contributed by atoms with Gasteiger partial charge in [-0.25, -0.2) is 0 Å². The van der Waals surface area contributed by atoms with Crippen molar-refractivity contribution in [3.05, 3.63) is 0 Å². The van der Waals surface area contributed by atoms with Crippen LogP contribution in [0.25, 0.3) is 0 Å². The largest absolute Gasteiger partial charge is 0.411 e. The molecule has 0 unspecified atom stereocenters. The highest BCUT2D eigenvalue weighted by Gasteiger charge is 2.38. The van der Waals surface area contributed by atoms with Gasteiger partial charge in [0.2, 0.25) is 0 Å². The lowest BCUT2D eigenvalue weighted by Gasteiger charge is -2.29. The average molecular weight is 243 g/mol. The number of hydrogen-bond acceptors (Lipinski definition) is 2. The lowest BCUT2D eigenvalue weighted by Crippen LogP contribution is -2.43. The van der Waals surface area contributed by atoms with Gasteiger partial charge in [-0.05, 0) is 12.8 Å². The molecule has 1 saturated carbocycles. The summed E-state index contributed by atoms with van der Waals surface area (Å²) in [7, 11) is 13.2. The third-order valence-corrected chi connectivity index (χ3v) is 3.35. The van der Waals surface area contributed by atoms with Gasteiger partial charge >= 0.3 is 0 Å². The SMILES string of the molecule is C[N+](C)(C)C[C@H]1CC[C@H](C[N+](C)(C)C)C1=NO. The van der Waals surface area contributed by atoms with Crippen molar-refractivity contribution in [2.75, 3.05) is 55.4 Å². The zero-order valence-electron chi connectivity index (χ0n) is 12.3. The summed E-state index contributed by atoms with van der Waals surface area (Å²) in [6, 6.07) is 0. The highest BCUT2D eigenvalue weighted by Crippen LogP contribution is 2.30. The third-order valence-electron chi connectivity index (χ3n) is 3.35. The molecule has 0 saturated heterocycles. The Bertz CT molecular complexity index is 260. The maximum absolute atomic E-state index is 9.27. The molecular formula is C13H29N3O+2. The Morgan fingerprint density at radius 3 is 1.53 bits per heavy atom. The van der Waals surface area contributed by atoms with E-state index in [0.29, 0.717) is 11.8 Å². The zero-order valence-corrected chi connectivity index (χ0v) is 12.3. The predicted octanol–water partition coefficient (Wildman–Crippen LogP) is 1.26. The molecule has 17 heavy (non-hydrogen) atoms. The van der Waals surface area contributed by atoms with Gasteiger partial charge in [0, 0.05) is 0 Å². The number of hydrogen-bond donors (Lipinski definition) is 1. The first-order chi connectivity index (χ1) is 7.62. The molecule has 0 spiro atoms. The fraction of sp³-hybridized carbons (Fsp3) is 0.923. The van der Waals surface area contributed by atoms with E-state index in [1.165, 1.54) is 12.8 Å². The van der Waals surface area contributed by atoms with Crippen molar-refractivity contribution in [1.29, 1.82) is 0 Å². The quantitative estimate of drug-likeness (QED) is 0.450. The molecular weight excluding hydrogens is 214 g/mol. The van der Waals surface area contributed by atoms with Crippen LogP contribution >= 0.6 is 0 Å². The molecule has 0 aromatic rings. The van der Waals surface area contributed by atoms with Crippen molar-refractivity contribution in [2.24, 2.45) is 17.0 Å². The van der Waals surface area contributed by atoms with Gasteiger partial charge in [-0.3, -0.25) is 0 Å². The number of nitrogens with zero attached hydrogens (tertiary/aromatic N) is 3. The van der Waals surface area contributed by atoms with Crippen LogP contribution < -0.4 is 0 Å². The molecule has 0 bridgehead atoms. The average Bonchev–Trinajstić information content (AvgIpc) is 2.41. The van der Waals surface area contributed by atoms with E-state index < -0.39 is 0 Å². The minimum Gasteiger partial charge on any atom is -0.411 e. The maximum Gasteiger partial charge on any atom is 0.0863 e. The molecule has 1 rings (SSSR count). The minimum atomic E-state index is 0.455. The predicted molar refractivity (Wildman–Crippen MR) is 71.2 cm³/mol. The number of rotatable bonds is 4. The molecule has 1 N–H and O–H groups in total. The molecule has 100 valence electrons. The first-order valence-electron chi connectivity index (χ1n) is 6.45. The molecule has 0 aliphatic heterocycles. The fourth-order valence-electron chi connectivity index (χ4n) is 2.89. The Balaban J connectivity index is 2.69. The van der Waals surface area contributed by atoms with Crippen LogP contribution in [0.5, 0.6) is 0 Å². The van der Waals surface area contributed by atoms with Gasteiger partial charge in [0.05, 0.1) is 72.9 Å². The van der Waals surface area contributed by atoms with Crippen LogP contribution in [0.15, 0.2) is 5.16 Å². The number of oxime groups is 1. The molecule has 0 amide bonds. The van der Waals surface area contributed by atoms with E-state index >= 15 is 0 Å². The van der Waals surface area contributed by atoms with Gasteiger partial charge in [0.15, 0.2) is 0 Å². The summed E-state index contributed by atoms with van der Waals surface area (Å²) in [4.78, 5) is 0. The summed E-state index contributed by atoms with van der Waals surface area (Å²) in [6.45, 7) is 2.13. The lowest BCUT2D eigenvalue weighted by atomic mass is 10.00. The van der Waals surface area contributed by atoms with E-state index in [9.17, 15) is 5.21 Å². The monoisotopic (exact) mass is 243 g/mol. The summed E-state index contributed by atoms with van der Waals surface area (Å²) in [5, 5.41) is 12.9. The Morgan fingerprint density at radius 1 is 0.941 bits per heavy atom. The fourth-order valence-corrected chi connectivity index (χ4v) is 2.89. The van der Waals surface area contributed by atoms with E-state index in [1.807, 2.05) is 0 Å². The van der Waals surface area contributed by atoms with Gasteiger partial charge in [0.1, 0.15) is 0 Å². The van der Waals surface area contributed by atoms with Crippen LogP contribution in [0.4, 0.5) is 0 Å². The van der Waals surface area contributed by atoms with Crippen LogP contribution in [0, 0.1) is 11.8 Å². The van der Waals surface area contributed by atoms with Crippen molar-refractivity contribution in [3.63, 3.8) is 0 Å². The van der Waals surface area contributed by atoms with Crippen LogP contribution in [0.2, 0.25) is 0 Å². The molecule has 0 aromatic carbocycles. The summed E-state index contributed by atoms with van der Waals surface area (Å²) in [5.74, 6) is 0.910. The van der Waals surface area contributed by atoms with Crippen LogP contribution in [0.1, 0.15) is 12.8 Å². The minimum absolute atomic E-state index is 0.455. The summed E-state index contributed by atoms with van der Waals surface area (Å²) in [5.41, 5.74) is 1.03. The van der Waals surface area contributed by atoms with E-state index in [2.05, 4.69) is 47.4 Å². The van der Waals surface area contributed by atoms with Crippen molar-refractivity contribution in [2.45, 2.75) is 12.8 Å². The summed E-state index contributed by atoms with van der Waals surface area (Å²) >= 11 is 0. The molecule has 1 fully saturated rings. The molecule has 0 heterocycles. The molecule has 4 heteroatoms. The van der Waals surface area contributed by atoms with Gasteiger partial charge in [-0.2, -0.15) is 0 Å². The van der Waals surface area contributed by atoms with Crippen molar-refractivity contribution < 1.29 is 14.2 Å². The van der Waals surface area contributed by atoms with Crippen LogP contribution in [0.3, 0.4) is 0 Å². The Kier molecular flexibility index (Phi) is 4.20. The van der Waals surface area contributed by atoms with Crippen LogP contribution in [-0.4, -0.2) is 75.3 Å². The molecule has 4 nitrogen and oxygen atoms in total. The van der Waals surface area contributed by atoms with E-state index in [0.717, 1.165) is 27.8 Å². The first kappa shape index (κ1) is 14.5. The standard InChI is InChI=1S/C13H28N3O/c1-15(2,3)9-11-7-8-12(13(11)14-17)10-16(4,5)6/h11-12H,7-10H2,1-6H3/q+1/p+1/t11-,12-/m1/s1. The normalized spacial score (nSPS) is 26.4. The van der Waals surface area contributed by atoms with Crippen molar-refractivity contribution >= 4 is 5.71 Å².